The van der Waals surface area contributed by atoms with E-state index in [1.54, 1.807) is 13.2 Å². The highest BCUT2D eigenvalue weighted by molar-refractivity contribution is 5.84. The minimum Gasteiger partial charge on any atom is -0.475 e. The van der Waals surface area contributed by atoms with Crippen LogP contribution in [0.3, 0.4) is 0 Å². The molecule has 0 amide bonds. The summed E-state index contributed by atoms with van der Waals surface area (Å²) >= 11 is 0. The molecule has 1 aromatic rings. The van der Waals surface area contributed by atoms with Gasteiger partial charge in [0.1, 0.15) is 5.76 Å². The molecule has 5 heteroatoms. The molecule has 1 fully saturated rings. The first-order chi connectivity index (χ1) is 7.69. The van der Waals surface area contributed by atoms with Crippen LogP contribution in [0.4, 0.5) is 0 Å². The standard InChI is InChI=1S/C11H15NO4/c1-15-9-4-7(5-9)12-6-8-2-3-10(16-8)11(13)14/h2-3,7,9,12H,4-6H2,1H3,(H,13,14). The fourth-order valence-corrected chi connectivity index (χ4v) is 1.76. The molecule has 1 saturated carbocycles. The summed E-state index contributed by atoms with van der Waals surface area (Å²) in [5, 5.41) is 12.0. The van der Waals surface area contributed by atoms with Crippen molar-refractivity contribution in [3.63, 3.8) is 0 Å². The zero-order valence-electron chi connectivity index (χ0n) is 9.10. The Hall–Kier alpha value is -1.33. The number of ether oxygens (including phenoxy) is 1. The first-order valence-corrected chi connectivity index (χ1v) is 5.27. The molecule has 5 nitrogen and oxygen atoms in total. The van der Waals surface area contributed by atoms with Gasteiger partial charge in [0, 0.05) is 13.2 Å². The smallest absolute Gasteiger partial charge is 0.371 e. The average Bonchev–Trinajstić information content (AvgIpc) is 2.64. The monoisotopic (exact) mass is 225 g/mol. The Balaban J connectivity index is 1.75. The van der Waals surface area contributed by atoms with Crippen LogP contribution < -0.4 is 5.32 Å². The van der Waals surface area contributed by atoms with Crippen molar-refractivity contribution in [1.82, 2.24) is 5.32 Å². The summed E-state index contributed by atoms with van der Waals surface area (Å²) in [6, 6.07) is 3.60. The highest BCUT2D eigenvalue weighted by atomic mass is 16.5. The highest BCUT2D eigenvalue weighted by Crippen LogP contribution is 2.22. The van der Waals surface area contributed by atoms with E-state index in [2.05, 4.69) is 5.32 Å². The van der Waals surface area contributed by atoms with Crippen LogP contribution in [0.5, 0.6) is 0 Å². The lowest BCUT2D eigenvalue weighted by molar-refractivity contribution is 0.0165. The lowest BCUT2D eigenvalue weighted by Crippen LogP contribution is -2.44. The third kappa shape index (κ3) is 2.43. The van der Waals surface area contributed by atoms with E-state index in [0.717, 1.165) is 12.8 Å². The number of carbonyl (C=O) groups is 1. The van der Waals surface area contributed by atoms with Crippen molar-refractivity contribution >= 4 is 5.97 Å². The van der Waals surface area contributed by atoms with E-state index in [-0.39, 0.29) is 5.76 Å². The summed E-state index contributed by atoms with van der Waals surface area (Å²) in [6.45, 7) is 0.564. The van der Waals surface area contributed by atoms with Gasteiger partial charge in [0.25, 0.3) is 0 Å². The van der Waals surface area contributed by atoms with Gasteiger partial charge in [-0.15, -0.1) is 0 Å². The van der Waals surface area contributed by atoms with Crippen LogP contribution >= 0.6 is 0 Å². The maximum atomic E-state index is 10.6. The number of aromatic carboxylic acids is 1. The molecule has 16 heavy (non-hydrogen) atoms. The molecule has 0 aromatic carbocycles. The molecule has 2 rings (SSSR count). The van der Waals surface area contributed by atoms with Gasteiger partial charge >= 0.3 is 5.97 Å². The largest absolute Gasteiger partial charge is 0.475 e. The number of carboxylic acid groups (broad SMARTS) is 1. The van der Waals surface area contributed by atoms with E-state index in [1.165, 1.54) is 6.07 Å². The van der Waals surface area contributed by atoms with E-state index in [4.69, 9.17) is 14.3 Å². The van der Waals surface area contributed by atoms with Crippen LogP contribution in [-0.4, -0.2) is 30.3 Å². The van der Waals surface area contributed by atoms with Crippen LogP contribution in [0.25, 0.3) is 0 Å². The van der Waals surface area contributed by atoms with Crippen molar-refractivity contribution < 1.29 is 19.1 Å². The molecule has 0 bridgehead atoms. The van der Waals surface area contributed by atoms with Gasteiger partial charge in [0.2, 0.25) is 5.76 Å². The number of nitrogens with one attached hydrogen (secondary N) is 1. The molecule has 0 aliphatic heterocycles. The van der Waals surface area contributed by atoms with Crippen LogP contribution in [0.15, 0.2) is 16.5 Å². The van der Waals surface area contributed by atoms with Crippen LogP contribution in [0.2, 0.25) is 0 Å². The summed E-state index contributed by atoms with van der Waals surface area (Å²) in [5.74, 6) is -0.396. The molecule has 1 aliphatic carbocycles. The summed E-state index contributed by atoms with van der Waals surface area (Å²) in [7, 11) is 1.71. The summed E-state index contributed by atoms with van der Waals surface area (Å²) in [6.07, 6.45) is 2.37. The van der Waals surface area contributed by atoms with E-state index in [1.807, 2.05) is 0 Å². The lowest BCUT2D eigenvalue weighted by atomic mass is 9.89. The van der Waals surface area contributed by atoms with Crippen molar-refractivity contribution in [2.24, 2.45) is 0 Å². The summed E-state index contributed by atoms with van der Waals surface area (Å²) < 4.78 is 10.3. The summed E-state index contributed by atoms with van der Waals surface area (Å²) in [5.41, 5.74) is 0. The number of carboxylic acids is 1. The molecule has 2 N–H and O–H groups in total. The van der Waals surface area contributed by atoms with Gasteiger partial charge in [-0.2, -0.15) is 0 Å². The van der Waals surface area contributed by atoms with Gasteiger partial charge in [0.15, 0.2) is 0 Å². The quantitative estimate of drug-likeness (QED) is 0.789. The van der Waals surface area contributed by atoms with E-state index in [0.29, 0.717) is 24.5 Å². The van der Waals surface area contributed by atoms with Gasteiger partial charge in [-0.3, -0.25) is 0 Å². The Morgan fingerprint density at radius 2 is 2.38 bits per heavy atom. The molecular weight excluding hydrogens is 210 g/mol. The molecule has 0 saturated heterocycles. The molecular formula is C11H15NO4. The molecule has 0 atom stereocenters. The predicted octanol–water partition coefficient (Wildman–Crippen LogP) is 1.24. The topological polar surface area (TPSA) is 71.7 Å². The maximum Gasteiger partial charge on any atom is 0.371 e. The Labute approximate surface area is 93.4 Å². The second kappa shape index (κ2) is 4.67. The third-order valence-corrected chi connectivity index (χ3v) is 2.87. The SMILES string of the molecule is COC1CC(NCc2ccc(C(=O)O)o2)C1. The minimum absolute atomic E-state index is 0.0137. The van der Waals surface area contributed by atoms with Gasteiger partial charge < -0.3 is 19.6 Å². The first-order valence-electron chi connectivity index (χ1n) is 5.27. The van der Waals surface area contributed by atoms with Crippen molar-refractivity contribution in [3.8, 4) is 0 Å². The number of furan rings is 1. The molecule has 88 valence electrons. The van der Waals surface area contributed by atoms with Crippen molar-refractivity contribution in [2.45, 2.75) is 31.5 Å². The fourth-order valence-electron chi connectivity index (χ4n) is 1.76. The van der Waals surface area contributed by atoms with Crippen LogP contribution in [0.1, 0.15) is 29.2 Å². The highest BCUT2D eigenvalue weighted by Gasteiger charge is 2.28. The van der Waals surface area contributed by atoms with E-state index < -0.39 is 5.97 Å². The Morgan fingerprint density at radius 1 is 1.62 bits per heavy atom. The number of methoxy groups -OCH3 is 1. The number of hydrogen-bond acceptors (Lipinski definition) is 4. The van der Waals surface area contributed by atoms with Crippen LogP contribution in [-0.2, 0) is 11.3 Å². The van der Waals surface area contributed by atoms with E-state index in [9.17, 15) is 4.79 Å². The normalized spacial score (nSPS) is 24.1. The van der Waals surface area contributed by atoms with Crippen LogP contribution in [0, 0.1) is 0 Å². The first kappa shape index (κ1) is 11.2. The average molecular weight is 225 g/mol. The second-order valence-electron chi connectivity index (χ2n) is 3.98. The second-order valence-corrected chi connectivity index (χ2v) is 3.98. The fraction of sp³-hybridized carbons (Fsp3) is 0.545. The Bertz CT molecular complexity index is 368. The van der Waals surface area contributed by atoms with Crippen molar-refractivity contribution in [1.29, 1.82) is 0 Å². The third-order valence-electron chi connectivity index (χ3n) is 2.87. The van der Waals surface area contributed by atoms with Gasteiger partial charge in [0.05, 0.1) is 12.6 Å². The summed E-state index contributed by atoms with van der Waals surface area (Å²) in [4.78, 5) is 10.6. The molecule has 1 aliphatic rings. The number of hydrogen-bond donors (Lipinski definition) is 2. The van der Waals surface area contributed by atoms with Crippen molar-refractivity contribution in [3.05, 3.63) is 23.7 Å². The lowest BCUT2D eigenvalue weighted by Gasteiger charge is -2.34. The molecule has 0 unspecified atom stereocenters. The molecule has 0 radical (unpaired) electrons. The van der Waals surface area contributed by atoms with Gasteiger partial charge in [-0.1, -0.05) is 0 Å². The van der Waals surface area contributed by atoms with E-state index >= 15 is 0 Å². The maximum absolute atomic E-state index is 10.6. The Kier molecular flexibility index (Phi) is 3.26. The predicted molar refractivity (Wildman–Crippen MR) is 56.3 cm³/mol. The van der Waals surface area contributed by atoms with Gasteiger partial charge in [-0.05, 0) is 25.0 Å². The Morgan fingerprint density at radius 3 is 2.94 bits per heavy atom. The molecule has 1 aromatic heterocycles. The number of rotatable bonds is 5. The zero-order chi connectivity index (χ0) is 11.5. The van der Waals surface area contributed by atoms with Gasteiger partial charge in [-0.25, -0.2) is 4.79 Å². The molecule has 0 spiro atoms. The zero-order valence-corrected chi connectivity index (χ0v) is 9.10. The minimum atomic E-state index is -1.03. The van der Waals surface area contributed by atoms with Crippen molar-refractivity contribution in [2.75, 3.05) is 7.11 Å². The molecule has 1 heterocycles.